The third-order valence-corrected chi connectivity index (χ3v) is 4.25. The molecule has 1 heterocycles. The van der Waals surface area contributed by atoms with E-state index >= 15 is 0 Å². The number of hydrogen-bond donors (Lipinski definition) is 1. The molecule has 1 atom stereocenters. The van der Waals surface area contributed by atoms with Crippen LogP contribution in [-0.4, -0.2) is 14.9 Å². The topological polar surface area (TPSA) is 38.0 Å². The van der Waals surface area contributed by atoms with Crippen LogP contribution in [0.4, 0.5) is 0 Å². The second kappa shape index (κ2) is 5.64. The quantitative estimate of drug-likeness (QED) is 0.931. The molecule has 0 saturated carbocycles. The minimum Gasteiger partial charge on any atom is -0.386 e. The lowest BCUT2D eigenvalue weighted by Gasteiger charge is -2.20. The van der Waals surface area contributed by atoms with E-state index in [1.54, 1.807) is 0 Å². The molecule has 0 bridgehead atoms. The number of nitrogens with zero attached hydrogens (tertiary/aromatic N) is 2. The van der Waals surface area contributed by atoms with Crippen molar-refractivity contribution in [2.24, 2.45) is 0 Å². The highest BCUT2D eigenvalue weighted by Crippen LogP contribution is 2.25. The van der Waals surface area contributed by atoms with Gasteiger partial charge in [-0.1, -0.05) is 45.0 Å². The van der Waals surface area contributed by atoms with Crippen molar-refractivity contribution in [3.63, 3.8) is 0 Å². The van der Waals surface area contributed by atoms with Crippen molar-refractivity contribution in [2.75, 3.05) is 0 Å². The fraction of sp³-hybridized carbons (Fsp3) is 0.500. The van der Waals surface area contributed by atoms with E-state index in [4.69, 9.17) is 0 Å². The highest BCUT2D eigenvalue weighted by atomic mass is 16.3. The van der Waals surface area contributed by atoms with Crippen molar-refractivity contribution in [3.8, 4) is 0 Å². The summed E-state index contributed by atoms with van der Waals surface area (Å²) in [5, 5.41) is 14.9. The maximum Gasteiger partial charge on any atom is 0.0985 e. The molecule has 0 aliphatic rings. The largest absolute Gasteiger partial charge is 0.386 e. The van der Waals surface area contributed by atoms with Crippen LogP contribution < -0.4 is 0 Å². The van der Waals surface area contributed by atoms with Gasteiger partial charge in [-0.25, -0.2) is 0 Å². The van der Waals surface area contributed by atoms with Gasteiger partial charge in [0, 0.05) is 5.69 Å². The van der Waals surface area contributed by atoms with Gasteiger partial charge in [-0.05, 0) is 42.9 Å². The Morgan fingerprint density at radius 3 is 2.10 bits per heavy atom. The van der Waals surface area contributed by atoms with E-state index < -0.39 is 6.10 Å². The van der Waals surface area contributed by atoms with E-state index in [9.17, 15) is 5.11 Å². The van der Waals surface area contributed by atoms with Gasteiger partial charge in [0.1, 0.15) is 0 Å². The molecule has 0 spiro atoms. The number of rotatable bonds is 3. The first-order valence-electron chi connectivity index (χ1n) is 7.49. The number of hydrogen-bond acceptors (Lipinski definition) is 2. The first-order valence-corrected chi connectivity index (χ1v) is 7.49. The van der Waals surface area contributed by atoms with Crippen LogP contribution in [0, 0.1) is 20.8 Å². The number of benzene rings is 1. The SMILES string of the molecule is Cc1nn(CC(O)c2ccc(C(C)(C)C)cc2)c(C)c1C. The summed E-state index contributed by atoms with van der Waals surface area (Å²) in [6.45, 7) is 13.2. The molecule has 3 nitrogen and oxygen atoms in total. The zero-order valence-electron chi connectivity index (χ0n) is 13.9. The molecule has 1 aromatic carbocycles. The zero-order valence-corrected chi connectivity index (χ0v) is 13.9. The number of aromatic nitrogens is 2. The van der Waals surface area contributed by atoms with Crippen molar-refractivity contribution in [1.29, 1.82) is 0 Å². The summed E-state index contributed by atoms with van der Waals surface area (Å²) in [6.07, 6.45) is -0.531. The molecule has 1 unspecified atom stereocenters. The van der Waals surface area contributed by atoms with Crippen LogP contribution in [0.15, 0.2) is 24.3 Å². The molecule has 0 saturated heterocycles. The Kier molecular flexibility index (Phi) is 4.24. The van der Waals surface area contributed by atoms with Gasteiger partial charge in [0.2, 0.25) is 0 Å². The van der Waals surface area contributed by atoms with Gasteiger partial charge in [0.25, 0.3) is 0 Å². The van der Waals surface area contributed by atoms with Crippen LogP contribution in [0.1, 0.15) is 55.0 Å². The Bertz CT molecular complexity index is 618. The van der Waals surface area contributed by atoms with Crippen molar-refractivity contribution < 1.29 is 5.11 Å². The lowest BCUT2D eigenvalue weighted by Crippen LogP contribution is -2.13. The predicted molar refractivity (Wildman–Crippen MR) is 86.5 cm³/mol. The average Bonchev–Trinajstić information content (AvgIpc) is 2.65. The van der Waals surface area contributed by atoms with Gasteiger partial charge < -0.3 is 5.11 Å². The lowest BCUT2D eigenvalue weighted by molar-refractivity contribution is 0.150. The molecule has 0 aliphatic heterocycles. The Balaban J connectivity index is 2.17. The summed E-state index contributed by atoms with van der Waals surface area (Å²) in [7, 11) is 0. The van der Waals surface area contributed by atoms with Crippen LogP contribution in [0.25, 0.3) is 0 Å². The molecule has 0 aliphatic carbocycles. The molecular weight excluding hydrogens is 260 g/mol. The molecule has 1 N–H and O–H groups in total. The van der Waals surface area contributed by atoms with Gasteiger partial charge in [-0.15, -0.1) is 0 Å². The van der Waals surface area contributed by atoms with Crippen LogP contribution in [0.2, 0.25) is 0 Å². The molecule has 21 heavy (non-hydrogen) atoms. The standard InChI is InChI=1S/C18H26N2O/c1-12-13(2)19-20(14(12)3)11-17(21)15-7-9-16(10-8-15)18(4,5)6/h7-10,17,21H,11H2,1-6H3. The monoisotopic (exact) mass is 286 g/mol. The normalized spacial score (nSPS) is 13.5. The van der Waals surface area contributed by atoms with Crippen LogP contribution in [-0.2, 0) is 12.0 Å². The fourth-order valence-corrected chi connectivity index (χ4v) is 2.44. The summed E-state index contributed by atoms with van der Waals surface area (Å²) in [6, 6.07) is 8.24. The van der Waals surface area contributed by atoms with Gasteiger partial charge in [0.15, 0.2) is 0 Å². The Morgan fingerprint density at radius 2 is 1.67 bits per heavy atom. The maximum atomic E-state index is 10.4. The highest BCUT2D eigenvalue weighted by Gasteiger charge is 2.16. The smallest absolute Gasteiger partial charge is 0.0985 e. The summed E-state index contributed by atoms with van der Waals surface area (Å²) in [5.74, 6) is 0. The van der Waals surface area contributed by atoms with Crippen molar-refractivity contribution >= 4 is 0 Å². The van der Waals surface area contributed by atoms with E-state index in [0.29, 0.717) is 6.54 Å². The van der Waals surface area contributed by atoms with Gasteiger partial charge >= 0.3 is 0 Å². The summed E-state index contributed by atoms with van der Waals surface area (Å²) in [5.41, 5.74) is 5.70. The minimum atomic E-state index is -0.531. The minimum absolute atomic E-state index is 0.135. The molecule has 0 radical (unpaired) electrons. The van der Waals surface area contributed by atoms with Crippen molar-refractivity contribution in [2.45, 2.75) is 59.6 Å². The Morgan fingerprint density at radius 1 is 1.10 bits per heavy atom. The zero-order chi connectivity index (χ0) is 15.8. The fourth-order valence-electron chi connectivity index (χ4n) is 2.44. The molecule has 114 valence electrons. The number of aliphatic hydroxyl groups is 1. The average molecular weight is 286 g/mol. The van der Waals surface area contributed by atoms with E-state index in [-0.39, 0.29) is 5.41 Å². The molecular formula is C18H26N2O. The Labute approximate surface area is 127 Å². The van der Waals surface area contributed by atoms with Crippen LogP contribution in [0.5, 0.6) is 0 Å². The van der Waals surface area contributed by atoms with Crippen molar-refractivity contribution in [3.05, 3.63) is 52.3 Å². The first kappa shape index (κ1) is 15.8. The molecule has 2 aromatic rings. The number of aliphatic hydroxyl groups excluding tert-OH is 1. The Hall–Kier alpha value is -1.61. The molecule has 0 amide bonds. The number of aryl methyl sites for hydroxylation is 1. The van der Waals surface area contributed by atoms with Crippen LogP contribution in [0.3, 0.4) is 0 Å². The lowest BCUT2D eigenvalue weighted by atomic mass is 9.86. The first-order chi connectivity index (χ1) is 9.70. The summed E-state index contributed by atoms with van der Waals surface area (Å²) >= 11 is 0. The van der Waals surface area contributed by atoms with E-state index in [0.717, 1.165) is 17.0 Å². The van der Waals surface area contributed by atoms with E-state index in [1.165, 1.54) is 11.1 Å². The third kappa shape index (κ3) is 3.35. The molecule has 1 aromatic heterocycles. The third-order valence-electron chi connectivity index (χ3n) is 4.25. The van der Waals surface area contributed by atoms with Gasteiger partial charge in [-0.3, -0.25) is 4.68 Å². The molecule has 3 heteroatoms. The van der Waals surface area contributed by atoms with Crippen molar-refractivity contribution in [1.82, 2.24) is 9.78 Å². The molecule has 0 fully saturated rings. The van der Waals surface area contributed by atoms with E-state index in [2.05, 4.69) is 44.9 Å². The van der Waals surface area contributed by atoms with E-state index in [1.807, 2.05) is 30.7 Å². The summed E-state index contributed by atoms with van der Waals surface area (Å²) < 4.78 is 1.90. The maximum absolute atomic E-state index is 10.4. The van der Waals surface area contributed by atoms with Crippen LogP contribution >= 0.6 is 0 Å². The highest BCUT2D eigenvalue weighted by molar-refractivity contribution is 5.29. The second-order valence-electron chi connectivity index (χ2n) is 6.87. The van der Waals surface area contributed by atoms with Gasteiger partial charge in [0.05, 0.1) is 18.3 Å². The molecule has 2 rings (SSSR count). The predicted octanol–water partition coefficient (Wildman–Crippen LogP) is 3.84. The summed E-state index contributed by atoms with van der Waals surface area (Å²) in [4.78, 5) is 0. The second-order valence-corrected chi connectivity index (χ2v) is 6.87. The van der Waals surface area contributed by atoms with Gasteiger partial charge in [-0.2, -0.15) is 5.10 Å².